The van der Waals surface area contributed by atoms with Crippen molar-refractivity contribution in [2.75, 3.05) is 0 Å². The topological polar surface area (TPSA) is 20.7 Å². The van der Waals surface area contributed by atoms with Gasteiger partial charge in [-0.25, -0.2) is 4.39 Å². The molecule has 0 saturated heterocycles. The summed E-state index contributed by atoms with van der Waals surface area (Å²) in [7, 11) is 0. The second-order valence-electron chi connectivity index (χ2n) is 4.15. The standard InChI is InChI=1S/C13H6BrCl2FN2S/c14-7-3-6(1-2-10(7)17)19-12-5-9(16)8(15)4-11(12)18-13(19)20/h1-5H,(H,18,20). The van der Waals surface area contributed by atoms with Gasteiger partial charge in [-0.1, -0.05) is 23.2 Å². The predicted molar refractivity (Wildman–Crippen MR) is 86.1 cm³/mol. The summed E-state index contributed by atoms with van der Waals surface area (Å²) in [6.45, 7) is 0. The highest BCUT2D eigenvalue weighted by Gasteiger charge is 2.11. The fourth-order valence-electron chi connectivity index (χ4n) is 1.98. The zero-order valence-corrected chi connectivity index (χ0v) is 13.7. The highest BCUT2D eigenvalue weighted by Crippen LogP contribution is 2.30. The van der Waals surface area contributed by atoms with Gasteiger partial charge >= 0.3 is 0 Å². The Balaban J connectivity index is 2.35. The van der Waals surface area contributed by atoms with Gasteiger partial charge in [0.25, 0.3) is 0 Å². The van der Waals surface area contributed by atoms with Crippen LogP contribution in [0.4, 0.5) is 4.39 Å². The SMILES string of the molecule is Fc1ccc(-n2c(=S)[nH]c3cc(Cl)c(Cl)cc32)cc1Br. The number of imidazole rings is 1. The van der Waals surface area contributed by atoms with Crippen molar-refractivity contribution in [1.82, 2.24) is 9.55 Å². The Morgan fingerprint density at radius 3 is 2.55 bits per heavy atom. The van der Waals surface area contributed by atoms with E-state index in [9.17, 15) is 4.39 Å². The normalized spacial score (nSPS) is 11.2. The quantitative estimate of drug-likeness (QED) is 0.512. The Kier molecular flexibility index (Phi) is 3.62. The van der Waals surface area contributed by atoms with Gasteiger partial charge in [0.05, 0.1) is 25.6 Å². The molecular weight excluding hydrogens is 386 g/mol. The smallest absolute Gasteiger partial charge is 0.182 e. The third-order valence-corrected chi connectivity index (χ3v) is 4.50. The first-order valence-corrected chi connectivity index (χ1v) is 7.48. The fraction of sp³-hybridized carbons (Fsp3) is 0. The molecule has 3 rings (SSSR count). The number of rotatable bonds is 1. The van der Waals surface area contributed by atoms with E-state index in [0.29, 0.717) is 19.3 Å². The molecule has 2 nitrogen and oxygen atoms in total. The van der Waals surface area contributed by atoms with Gasteiger partial charge in [-0.3, -0.25) is 4.57 Å². The van der Waals surface area contributed by atoms with Crippen LogP contribution in [-0.2, 0) is 0 Å². The molecule has 0 amide bonds. The third-order valence-electron chi connectivity index (χ3n) is 2.89. The summed E-state index contributed by atoms with van der Waals surface area (Å²) in [6, 6.07) is 8.11. The van der Waals surface area contributed by atoms with Crippen molar-refractivity contribution >= 4 is 62.4 Å². The van der Waals surface area contributed by atoms with Crippen LogP contribution in [0.15, 0.2) is 34.8 Å². The molecule has 0 aliphatic heterocycles. The zero-order valence-electron chi connectivity index (χ0n) is 9.75. The molecule has 0 bridgehead atoms. The van der Waals surface area contributed by atoms with Crippen LogP contribution in [-0.4, -0.2) is 9.55 Å². The first kappa shape index (κ1) is 14.1. The molecule has 1 aromatic heterocycles. The lowest BCUT2D eigenvalue weighted by atomic mass is 10.2. The van der Waals surface area contributed by atoms with Crippen LogP contribution in [0.3, 0.4) is 0 Å². The van der Waals surface area contributed by atoms with Gasteiger partial charge < -0.3 is 4.98 Å². The van der Waals surface area contributed by atoms with Crippen molar-refractivity contribution in [2.24, 2.45) is 0 Å². The number of nitrogens with zero attached hydrogens (tertiary/aromatic N) is 1. The Bertz CT molecular complexity index is 888. The molecule has 1 N–H and O–H groups in total. The van der Waals surface area contributed by atoms with Crippen LogP contribution >= 0.6 is 51.3 Å². The average molecular weight is 392 g/mol. The lowest BCUT2D eigenvalue weighted by Gasteiger charge is -2.06. The van der Waals surface area contributed by atoms with Crippen LogP contribution < -0.4 is 0 Å². The van der Waals surface area contributed by atoms with E-state index in [-0.39, 0.29) is 5.82 Å². The minimum atomic E-state index is -0.332. The number of nitrogens with one attached hydrogen (secondary N) is 1. The predicted octanol–water partition coefficient (Wildman–Crippen LogP) is 5.90. The van der Waals surface area contributed by atoms with Gasteiger partial charge in [-0.05, 0) is 58.5 Å². The molecule has 102 valence electrons. The molecule has 0 aliphatic rings. The largest absolute Gasteiger partial charge is 0.330 e. The molecule has 1 heterocycles. The molecule has 2 aromatic carbocycles. The van der Waals surface area contributed by atoms with Gasteiger partial charge in [-0.15, -0.1) is 0 Å². The summed E-state index contributed by atoms with van der Waals surface area (Å²) < 4.78 is 16.0. The van der Waals surface area contributed by atoms with Gasteiger partial charge in [0.2, 0.25) is 0 Å². The molecule has 20 heavy (non-hydrogen) atoms. The summed E-state index contributed by atoms with van der Waals surface area (Å²) in [4.78, 5) is 3.05. The van der Waals surface area contributed by atoms with Crippen LogP contribution in [0, 0.1) is 10.6 Å². The highest BCUT2D eigenvalue weighted by atomic mass is 79.9. The highest BCUT2D eigenvalue weighted by molar-refractivity contribution is 9.10. The number of H-pyrrole nitrogens is 1. The first-order valence-electron chi connectivity index (χ1n) is 5.52. The van der Waals surface area contributed by atoms with Gasteiger partial charge in [-0.2, -0.15) is 0 Å². The van der Waals surface area contributed by atoms with E-state index in [4.69, 9.17) is 35.4 Å². The Morgan fingerprint density at radius 1 is 1.15 bits per heavy atom. The van der Waals surface area contributed by atoms with Crippen molar-refractivity contribution < 1.29 is 4.39 Å². The monoisotopic (exact) mass is 390 g/mol. The van der Waals surface area contributed by atoms with E-state index < -0.39 is 0 Å². The van der Waals surface area contributed by atoms with Crippen LogP contribution in [0.25, 0.3) is 16.7 Å². The maximum Gasteiger partial charge on any atom is 0.182 e. The van der Waals surface area contributed by atoms with Crippen LogP contribution in [0.5, 0.6) is 0 Å². The van der Waals surface area contributed by atoms with E-state index >= 15 is 0 Å². The summed E-state index contributed by atoms with van der Waals surface area (Å²) >= 11 is 20.5. The summed E-state index contributed by atoms with van der Waals surface area (Å²) in [5, 5.41) is 0.881. The maximum atomic E-state index is 13.3. The molecule has 0 fully saturated rings. The van der Waals surface area contributed by atoms with E-state index in [0.717, 1.165) is 16.7 Å². The summed E-state index contributed by atoms with van der Waals surface area (Å²) in [6.07, 6.45) is 0. The zero-order chi connectivity index (χ0) is 14.4. The average Bonchev–Trinajstić information content (AvgIpc) is 2.69. The van der Waals surface area contributed by atoms with E-state index in [1.54, 1.807) is 28.8 Å². The summed E-state index contributed by atoms with van der Waals surface area (Å²) in [5.41, 5.74) is 2.28. The second-order valence-corrected chi connectivity index (χ2v) is 6.20. The number of aromatic nitrogens is 2. The Hall–Kier alpha value is -0.880. The van der Waals surface area contributed by atoms with E-state index in [1.165, 1.54) is 6.07 Å². The molecule has 0 atom stereocenters. The number of benzene rings is 2. The van der Waals surface area contributed by atoms with E-state index in [1.807, 2.05) is 0 Å². The van der Waals surface area contributed by atoms with Gasteiger partial charge in [0, 0.05) is 5.69 Å². The van der Waals surface area contributed by atoms with Crippen LogP contribution in [0.1, 0.15) is 0 Å². The van der Waals surface area contributed by atoms with Crippen molar-refractivity contribution in [1.29, 1.82) is 0 Å². The number of fused-ring (bicyclic) bond motifs is 1. The number of halogens is 4. The third kappa shape index (κ3) is 2.29. The molecule has 0 spiro atoms. The molecule has 0 unspecified atom stereocenters. The van der Waals surface area contributed by atoms with Crippen molar-refractivity contribution in [3.63, 3.8) is 0 Å². The molecule has 7 heteroatoms. The van der Waals surface area contributed by atoms with E-state index in [2.05, 4.69) is 20.9 Å². The maximum absolute atomic E-state index is 13.3. The van der Waals surface area contributed by atoms with Crippen molar-refractivity contribution in [2.45, 2.75) is 0 Å². The van der Waals surface area contributed by atoms with Gasteiger partial charge in [0.15, 0.2) is 4.77 Å². The van der Waals surface area contributed by atoms with Gasteiger partial charge in [0.1, 0.15) is 5.82 Å². The Morgan fingerprint density at radius 2 is 1.85 bits per heavy atom. The van der Waals surface area contributed by atoms with Crippen LogP contribution in [0.2, 0.25) is 10.0 Å². The minimum absolute atomic E-state index is 0.332. The summed E-state index contributed by atoms with van der Waals surface area (Å²) in [5.74, 6) is -0.332. The molecule has 0 saturated carbocycles. The number of aromatic amines is 1. The van der Waals surface area contributed by atoms with Crippen molar-refractivity contribution in [3.05, 3.63) is 55.4 Å². The van der Waals surface area contributed by atoms with Crippen molar-refractivity contribution in [3.8, 4) is 5.69 Å². The number of hydrogen-bond donors (Lipinski definition) is 1. The lowest BCUT2D eigenvalue weighted by Crippen LogP contribution is -1.94. The first-order chi connectivity index (χ1) is 9.47. The molecule has 3 aromatic rings. The number of hydrogen-bond acceptors (Lipinski definition) is 1. The molecule has 0 aliphatic carbocycles. The molecular formula is C13H6BrCl2FN2S. The minimum Gasteiger partial charge on any atom is -0.330 e. The molecule has 0 radical (unpaired) electrons. The lowest BCUT2D eigenvalue weighted by molar-refractivity contribution is 0.620. The fourth-order valence-corrected chi connectivity index (χ4v) is 2.98. The second kappa shape index (κ2) is 5.15. The Labute approximate surface area is 137 Å².